The molecule has 2 aromatic rings. The van der Waals surface area contributed by atoms with E-state index in [4.69, 9.17) is 9.47 Å². The van der Waals surface area contributed by atoms with E-state index in [0.29, 0.717) is 0 Å². The molecule has 0 fully saturated rings. The SMILES string of the molecule is C/C=C(/C(=C/C)c1ccc(OCC[N+](CC)(CC)CC)cc1)c1ccc(OCC[N+](CC)(CC)CC)cc1.[I-].[I-]. The molecule has 0 heterocycles. The van der Waals surface area contributed by atoms with Crippen molar-refractivity contribution in [2.45, 2.75) is 55.4 Å². The maximum Gasteiger partial charge on any atom is 0.137 e. The van der Waals surface area contributed by atoms with Crippen LogP contribution in [0.4, 0.5) is 0 Å². The second-order valence-corrected chi connectivity index (χ2v) is 10.2. The Morgan fingerprint density at radius 3 is 1.02 bits per heavy atom. The zero-order valence-corrected chi connectivity index (χ0v) is 30.6. The van der Waals surface area contributed by atoms with E-state index in [2.05, 4.69) is 116 Å². The van der Waals surface area contributed by atoms with Gasteiger partial charge in [0, 0.05) is 0 Å². The van der Waals surface area contributed by atoms with Crippen molar-refractivity contribution in [2.24, 2.45) is 0 Å². The Hall–Kier alpha value is -1.10. The summed E-state index contributed by atoms with van der Waals surface area (Å²) in [5, 5.41) is 0. The van der Waals surface area contributed by atoms with Crippen LogP contribution in [-0.4, -0.2) is 74.5 Å². The lowest BCUT2D eigenvalue weighted by molar-refractivity contribution is -0.923. The number of hydrogen-bond acceptors (Lipinski definition) is 2. The molecule has 0 aliphatic heterocycles. The normalized spacial score (nSPS) is 12.4. The average Bonchev–Trinajstić information content (AvgIpc) is 2.98. The minimum Gasteiger partial charge on any atom is -1.00 e. The zero-order chi connectivity index (χ0) is 28.0. The maximum atomic E-state index is 6.13. The van der Waals surface area contributed by atoms with Gasteiger partial charge in [-0.2, -0.15) is 0 Å². The molecule has 226 valence electrons. The second kappa shape index (κ2) is 19.9. The van der Waals surface area contributed by atoms with Gasteiger partial charge in [0.2, 0.25) is 0 Å². The fourth-order valence-corrected chi connectivity index (χ4v) is 5.42. The molecule has 40 heavy (non-hydrogen) atoms. The summed E-state index contributed by atoms with van der Waals surface area (Å²) in [5.74, 6) is 1.87. The fourth-order valence-electron chi connectivity index (χ4n) is 5.42. The summed E-state index contributed by atoms with van der Waals surface area (Å²) in [6, 6.07) is 17.1. The van der Waals surface area contributed by atoms with Gasteiger partial charge in [0.15, 0.2) is 0 Å². The largest absolute Gasteiger partial charge is 1.00 e. The first kappa shape index (κ1) is 38.9. The Morgan fingerprint density at radius 2 is 0.800 bits per heavy atom. The number of halogens is 2. The van der Waals surface area contributed by atoms with Gasteiger partial charge in [0.25, 0.3) is 0 Å². The molecule has 0 spiro atoms. The van der Waals surface area contributed by atoms with Crippen LogP contribution in [0.1, 0.15) is 66.5 Å². The molecule has 0 bridgehead atoms. The van der Waals surface area contributed by atoms with Crippen LogP contribution in [0.2, 0.25) is 0 Å². The maximum absolute atomic E-state index is 6.13. The van der Waals surface area contributed by atoms with Gasteiger partial charge >= 0.3 is 0 Å². The molecule has 0 radical (unpaired) electrons. The minimum absolute atomic E-state index is 0. The monoisotopic (exact) mass is 776 g/mol. The molecule has 0 N–H and O–H groups in total. The third-order valence-corrected chi connectivity index (χ3v) is 8.89. The molecule has 0 saturated carbocycles. The second-order valence-electron chi connectivity index (χ2n) is 10.2. The molecule has 0 atom stereocenters. The van der Waals surface area contributed by atoms with Crippen LogP contribution in [0.25, 0.3) is 11.1 Å². The number of hydrogen-bond donors (Lipinski definition) is 0. The van der Waals surface area contributed by atoms with Crippen LogP contribution in [0.15, 0.2) is 60.7 Å². The third kappa shape index (κ3) is 10.6. The molecule has 0 aliphatic carbocycles. The molecule has 0 saturated heterocycles. The van der Waals surface area contributed by atoms with Gasteiger partial charge in [-0.1, -0.05) is 36.4 Å². The molecule has 6 heteroatoms. The van der Waals surface area contributed by atoms with Crippen LogP contribution in [0.5, 0.6) is 11.5 Å². The summed E-state index contributed by atoms with van der Waals surface area (Å²) in [4.78, 5) is 0. The van der Waals surface area contributed by atoms with Crippen molar-refractivity contribution >= 4 is 11.1 Å². The van der Waals surface area contributed by atoms with Crippen molar-refractivity contribution in [3.05, 3.63) is 71.8 Å². The lowest BCUT2D eigenvalue weighted by Crippen LogP contribution is -3.00. The summed E-state index contributed by atoms with van der Waals surface area (Å²) in [6.45, 7) is 28.3. The van der Waals surface area contributed by atoms with Crippen molar-refractivity contribution in [3.63, 3.8) is 0 Å². The van der Waals surface area contributed by atoms with Crippen LogP contribution >= 0.6 is 0 Å². The highest BCUT2D eigenvalue weighted by atomic mass is 127. The highest BCUT2D eigenvalue weighted by Crippen LogP contribution is 2.33. The molecule has 0 amide bonds. The first-order valence-electron chi connectivity index (χ1n) is 14.9. The predicted molar refractivity (Wildman–Crippen MR) is 165 cm³/mol. The van der Waals surface area contributed by atoms with E-state index < -0.39 is 0 Å². The van der Waals surface area contributed by atoms with Gasteiger partial charge in [-0.25, -0.2) is 0 Å². The van der Waals surface area contributed by atoms with Gasteiger partial charge < -0.3 is 66.4 Å². The molecule has 0 aromatic heterocycles. The van der Waals surface area contributed by atoms with Gasteiger partial charge in [-0.15, -0.1) is 0 Å². The Kier molecular flexibility index (Phi) is 19.4. The Morgan fingerprint density at radius 1 is 0.525 bits per heavy atom. The molecule has 2 rings (SSSR count). The van der Waals surface area contributed by atoms with Crippen LogP contribution < -0.4 is 57.4 Å². The lowest BCUT2D eigenvalue weighted by atomic mass is 9.92. The third-order valence-electron chi connectivity index (χ3n) is 8.89. The summed E-state index contributed by atoms with van der Waals surface area (Å²) in [6.07, 6.45) is 4.39. The highest BCUT2D eigenvalue weighted by Gasteiger charge is 2.21. The van der Waals surface area contributed by atoms with Crippen molar-refractivity contribution < 1.29 is 66.4 Å². The van der Waals surface area contributed by atoms with Crippen LogP contribution in [0, 0.1) is 0 Å². The van der Waals surface area contributed by atoms with E-state index in [1.807, 2.05) is 0 Å². The number of quaternary nitrogens is 2. The van der Waals surface area contributed by atoms with Gasteiger partial charge in [-0.3, -0.25) is 0 Å². The van der Waals surface area contributed by atoms with Crippen molar-refractivity contribution in [3.8, 4) is 11.5 Å². The number of nitrogens with zero attached hydrogens (tertiary/aromatic N) is 2. The van der Waals surface area contributed by atoms with E-state index in [1.54, 1.807) is 0 Å². The van der Waals surface area contributed by atoms with Gasteiger partial charge in [-0.05, 0) is 102 Å². The van der Waals surface area contributed by atoms with Crippen LogP contribution in [0.3, 0.4) is 0 Å². The first-order chi connectivity index (χ1) is 18.4. The van der Waals surface area contributed by atoms with Crippen molar-refractivity contribution in [1.82, 2.24) is 0 Å². The molecular weight excluding hydrogens is 722 g/mol. The average molecular weight is 777 g/mol. The quantitative estimate of drug-likeness (QED) is 0.139. The Labute approximate surface area is 280 Å². The zero-order valence-electron chi connectivity index (χ0n) is 26.3. The Bertz CT molecular complexity index is 909. The number of allylic oxidation sites excluding steroid dienone is 4. The van der Waals surface area contributed by atoms with Crippen molar-refractivity contribution in [2.75, 3.05) is 65.6 Å². The van der Waals surface area contributed by atoms with Crippen molar-refractivity contribution in [1.29, 1.82) is 0 Å². The van der Waals surface area contributed by atoms with E-state index >= 15 is 0 Å². The van der Waals surface area contributed by atoms with E-state index in [-0.39, 0.29) is 48.0 Å². The van der Waals surface area contributed by atoms with Crippen LogP contribution in [-0.2, 0) is 0 Å². The van der Waals surface area contributed by atoms with E-state index in [1.165, 1.54) is 22.3 Å². The molecule has 0 aliphatic rings. The molecule has 4 nitrogen and oxygen atoms in total. The predicted octanol–water partition coefficient (Wildman–Crippen LogP) is 1.71. The van der Waals surface area contributed by atoms with E-state index in [0.717, 1.165) is 86.0 Å². The number of rotatable bonds is 17. The summed E-state index contributed by atoms with van der Waals surface area (Å²) < 4.78 is 14.5. The van der Waals surface area contributed by atoms with E-state index in [9.17, 15) is 0 Å². The summed E-state index contributed by atoms with van der Waals surface area (Å²) in [7, 11) is 0. The number of benzene rings is 2. The number of ether oxygens (including phenoxy) is 2. The lowest BCUT2D eigenvalue weighted by Gasteiger charge is -2.35. The number of likely N-dealkylation sites (N-methyl/N-ethyl adjacent to an activating group) is 2. The summed E-state index contributed by atoms with van der Waals surface area (Å²) >= 11 is 0. The molecule has 2 aromatic carbocycles. The standard InChI is InChI=1S/C34H54N2O2.2HI/c1-9-33(29-17-21-31(22-18-29)37-27-25-35(11-3,12-4)13-5)34(10-2)30-19-23-32(24-20-30)38-28-26-36(14-6,15-7)16-8;;/h9-10,17-24H,11-16,25-28H2,1-8H3;2*1H/q+2;;/p-2/b33-9+,34-10+;;. The fraction of sp³-hybridized carbons (Fsp3) is 0.529. The van der Waals surface area contributed by atoms with Gasteiger partial charge in [0.05, 0.1) is 39.3 Å². The minimum atomic E-state index is 0. The first-order valence-corrected chi connectivity index (χ1v) is 14.9. The molecule has 0 unspecified atom stereocenters. The molecular formula is C34H54I2N2O2. The smallest absolute Gasteiger partial charge is 0.137 e. The van der Waals surface area contributed by atoms with Gasteiger partial charge in [0.1, 0.15) is 37.8 Å². The summed E-state index contributed by atoms with van der Waals surface area (Å²) in [5.41, 5.74) is 4.84. The highest BCUT2D eigenvalue weighted by molar-refractivity contribution is 6.04. The Balaban J connectivity index is 0.00000760. The topological polar surface area (TPSA) is 18.5 Å².